The van der Waals surface area contributed by atoms with E-state index in [-0.39, 0.29) is 5.91 Å². The van der Waals surface area contributed by atoms with E-state index in [1.54, 1.807) is 43.6 Å². The van der Waals surface area contributed by atoms with E-state index in [1.165, 1.54) is 7.11 Å². The molecule has 104 valence electrons. The number of rotatable bonds is 4. The Kier molecular flexibility index (Phi) is 4.57. The first-order valence-electron chi connectivity index (χ1n) is 5.79. The zero-order valence-electron chi connectivity index (χ0n) is 11.0. The molecule has 1 aromatic carbocycles. The Morgan fingerprint density at radius 1 is 1.25 bits per heavy atom. The average Bonchev–Trinajstić information content (AvgIpc) is 2.47. The lowest BCUT2D eigenvalue weighted by atomic mass is 10.2. The van der Waals surface area contributed by atoms with Crippen molar-refractivity contribution in [3.63, 3.8) is 0 Å². The van der Waals surface area contributed by atoms with E-state index in [0.29, 0.717) is 27.4 Å². The van der Waals surface area contributed by atoms with Gasteiger partial charge in [-0.05, 0) is 46.3 Å². The number of hydrogen-bond acceptors (Lipinski definition) is 4. The van der Waals surface area contributed by atoms with Crippen molar-refractivity contribution >= 4 is 27.5 Å². The van der Waals surface area contributed by atoms with E-state index in [9.17, 15) is 4.79 Å². The number of nitrogens with zero attached hydrogens (tertiary/aromatic N) is 1. The summed E-state index contributed by atoms with van der Waals surface area (Å²) in [5.74, 6) is 0.786. The molecular formula is C14H13BrN2O3. The Bertz CT molecular complexity index is 632. The number of ether oxygens (including phenoxy) is 2. The number of benzene rings is 1. The molecule has 5 nitrogen and oxygen atoms in total. The van der Waals surface area contributed by atoms with Gasteiger partial charge in [-0.25, -0.2) is 4.98 Å². The predicted molar refractivity (Wildman–Crippen MR) is 79.4 cm³/mol. The molecule has 0 spiro atoms. The number of carbonyl (C=O) groups excluding carboxylic acids is 1. The molecule has 2 rings (SSSR count). The molecular weight excluding hydrogens is 324 g/mol. The maximum atomic E-state index is 12.2. The minimum atomic E-state index is -0.250. The number of aromatic nitrogens is 1. The number of amides is 1. The molecule has 1 heterocycles. The maximum absolute atomic E-state index is 12.2. The number of pyridine rings is 1. The number of nitrogens with one attached hydrogen (secondary N) is 1. The van der Waals surface area contributed by atoms with Crippen molar-refractivity contribution in [1.82, 2.24) is 4.98 Å². The highest BCUT2D eigenvalue weighted by Gasteiger charge is 2.12. The Morgan fingerprint density at radius 2 is 2.05 bits per heavy atom. The third-order valence-corrected chi connectivity index (χ3v) is 3.25. The summed E-state index contributed by atoms with van der Waals surface area (Å²) < 4.78 is 10.9. The standard InChI is InChI=1S/C14H13BrN2O3/c1-19-12-6-5-9(8-10(12)15)13(18)17-11-4-3-7-16-14(11)20-2/h3-8H,1-2H3,(H,17,18). The van der Waals surface area contributed by atoms with Crippen LogP contribution in [0, 0.1) is 0 Å². The van der Waals surface area contributed by atoms with Gasteiger partial charge < -0.3 is 14.8 Å². The van der Waals surface area contributed by atoms with Gasteiger partial charge in [-0.3, -0.25) is 4.79 Å². The minimum Gasteiger partial charge on any atom is -0.496 e. The summed E-state index contributed by atoms with van der Waals surface area (Å²) in [6.07, 6.45) is 1.60. The van der Waals surface area contributed by atoms with E-state index in [2.05, 4.69) is 26.2 Å². The highest BCUT2D eigenvalue weighted by Crippen LogP contribution is 2.26. The second-order valence-corrected chi connectivity index (χ2v) is 4.72. The number of halogens is 1. The molecule has 0 atom stereocenters. The maximum Gasteiger partial charge on any atom is 0.255 e. The van der Waals surface area contributed by atoms with Crippen LogP contribution in [0.4, 0.5) is 5.69 Å². The molecule has 1 aromatic heterocycles. The molecule has 0 aliphatic rings. The summed E-state index contributed by atoms with van der Waals surface area (Å²) in [7, 11) is 3.07. The smallest absolute Gasteiger partial charge is 0.255 e. The van der Waals surface area contributed by atoms with Crippen LogP contribution in [0.25, 0.3) is 0 Å². The van der Waals surface area contributed by atoms with E-state index in [0.717, 1.165) is 0 Å². The van der Waals surface area contributed by atoms with Gasteiger partial charge in [-0.2, -0.15) is 0 Å². The predicted octanol–water partition coefficient (Wildman–Crippen LogP) is 3.11. The van der Waals surface area contributed by atoms with Crippen LogP contribution < -0.4 is 14.8 Å². The molecule has 20 heavy (non-hydrogen) atoms. The molecule has 0 radical (unpaired) electrons. The van der Waals surface area contributed by atoms with E-state index < -0.39 is 0 Å². The number of hydrogen-bond donors (Lipinski definition) is 1. The monoisotopic (exact) mass is 336 g/mol. The van der Waals surface area contributed by atoms with Crippen LogP contribution in [0.1, 0.15) is 10.4 Å². The average molecular weight is 337 g/mol. The molecule has 0 fully saturated rings. The van der Waals surface area contributed by atoms with Crippen molar-refractivity contribution in [3.05, 3.63) is 46.6 Å². The van der Waals surface area contributed by atoms with Crippen molar-refractivity contribution in [2.75, 3.05) is 19.5 Å². The van der Waals surface area contributed by atoms with Gasteiger partial charge in [-0.1, -0.05) is 0 Å². The summed E-state index contributed by atoms with van der Waals surface area (Å²) in [4.78, 5) is 16.2. The zero-order valence-corrected chi connectivity index (χ0v) is 12.6. The third kappa shape index (κ3) is 3.08. The van der Waals surface area contributed by atoms with Crippen molar-refractivity contribution in [2.24, 2.45) is 0 Å². The van der Waals surface area contributed by atoms with Crippen molar-refractivity contribution in [3.8, 4) is 11.6 Å². The first-order valence-corrected chi connectivity index (χ1v) is 6.59. The van der Waals surface area contributed by atoms with Crippen molar-refractivity contribution in [2.45, 2.75) is 0 Å². The first kappa shape index (κ1) is 14.3. The summed E-state index contributed by atoms with van der Waals surface area (Å²) in [6.45, 7) is 0. The Morgan fingerprint density at radius 3 is 2.70 bits per heavy atom. The molecule has 0 saturated carbocycles. The summed E-state index contributed by atoms with van der Waals surface area (Å²) in [5.41, 5.74) is 1.02. The van der Waals surface area contributed by atoms with Gasteiger partial charge in [0.25, 0.3) is 5.91 Å². The summed E-state index contributed by atoms with van der Waals surface area (Å²) in [6, 6.07) is 8.54. The third-order valence-electron chi connectivity index (χ3n) is 2.63. The molecule has 0 aliphatic heterocycles. The molecule has 1 amide bonds. The van der Waals surface area contributed by atoms with Crippen LogP contribution in [0.3, 0.4) is 0 Å². The molecule has 0 aliphatic carbocycles. The highest BCUT2D eigenvalue weighted by atomic mass is 79.9. The largest absolute Gasteiger partial charge is 0.496 e. The van der Waals surface area contributed by atoms with E-state index >= 15 is 0 Å². The van der Waals surface area contributed by atoms with Gasteiger partial charge in [0.05, 0.1) is 18.7 Å². The van der Waals surface area contributed by atoms with Crippen molar-refractivity contribution < 1.29 is 14.3 Å². The Balaban J connectivity index is 2.22. The van der Waals surface area contributed by atoms with E-state index in [4.69, 9.17) is 9.47 Å². The molecule has 2 aromatic rings. The summed E-state index contributed by atoms with van der Waals surface area (Å²) in [5, 5.41) is 2.75. The summed E-state index contributed by atoms with van der Waals surface area (Å²) >= 11 is 3.35. The Hall–Kier alpha value is -2.08. The fraction of sp³-hybridized carbons (Fsp3) is 0.143. The van der Waals surface area contributed by atoms with E-state index in [1.807, 2.05) is 0 Å². The molecule has 1 N–H and O–H groups in total. The SMILES string of the molecule is COc1ccc(C(=O)Nc2cccnc2OC)cc1Br. The lowest BCUT2D eigenvalue weighted by molar-refractivity contribution is 0.102. The Labute approximate surface area is 125 Å². The fourth-order valence-corrected chi connectivity index (χ4v) is 2.19. The van der Waals surface area contributed by atoms with Gasteiger partial charge in [0.1, 0.15) is 11.4 Å². The molecule has 0 bridgehead atoms. The number of anilines is 1. The van der Waals surface area contributed by atoms with Gasteiger partial charge in [0.2, 0.25) is 5.88 Å². The van der Waals surface area contributed by atoms with Crippen LogP contribution in [-0.4, -0.2) is 25.1 Å². The lowest BCUT2D eigenvalue weighted by Gasteiger charge is -2.09. The zero-order chi connectivity index (χ0) is 14.5. The first-order chi connectivity index (χ1) is 9.65. The van der Waals surface area contributed by atoms with Gasteiger partial charge in [0.15, 0.2) is 0 Å². The van der Waals surface area contributed by atoms with Crippen LogP contribution >= 0.6 is 15.9 Å². The normalized spacial score (nSPS) is 9.95. The molecule has 0 saturated heterocycles. The molecule has 6 heteroatoms. The van der Waals surface area contributed by atoms with Crippen LogP contribution in [0.2, 0.25) is 0 Å². The topological polar surface area (TPSA) is 60.5 Å². The molecule has 0 unspecified atom stereocenters. The van der Waals surface area contributed by atoms with Crippen LogP contribution in [0.15, 0.2) is 41.0 Å². The van der Waals surface area contributed by atoms with Crippen LogP contribution in [0.5, 0.6) is 11.6 Å². The quantitative estimate of drug-likeness (QED) is 0.931. The fourth-order valence-electron chi connectivity index (χ4n) is 1.65. The van der Waals surface area contributed by atoms with Crippen LogP contribution in [-0.2, 0) is 0 Å². The number of carbonyl (C=O) groups is 1. The van der Waals surface area contributed by atoms with Crippen molar-refractivity contribution in [1.29, 1.82) is 0 Å². The minimum absolute atomic E-state index is 0.250. The second kappa shape index (κ2) is 6.38. The lowest BCUT2D eigenvalue weighted by Crippen LogP contribution is -2.13. The van der Waals surface area contributed by atoms with Gasteiger partial charge >= 0.3 is 0 Å². The van der Waals surface area contributed by atoms with Gasteiger partial charge in [-0.15, -0.1) is 0 Å². The van der Waals surface area contributed by atoms with Gasteiger partial charge in [0, 0.05) is 11.8 Å². The highest BCUT2D eigenvalue weighted by molar-refractivity contribution is 9.10. The number of methoxy groups -OCH3 is 2. The second-order valence-electron chi connectivity index (χ2n) is 3.86.